The normalized spacial score (nSPS) is 20.6. The summed E-state index contributed by atoms with van der Waals surface area (Å²) >= 11 is 5.89. The second kappa shape index (κ2) is 8.53. The summed E-state index contributed by atoms with van der Waals surface area (Å²) in [5.74, 6) is 0.967. The lowest BCUT2D eigenvalue weighted by atomic mass is 9.96. The lowest BCUT2D eigenvalue weighted by molar-refractivity contribution is 0.289. The van der Waals surface area contributed by atoms with E-state index in [1.807, 2.05) is 24.3 Å². The summed E-state index contributed by atoms with van der Waals surface area (Å²) in [5.41, 5.74) is 1.16. The van der Waals surface area contributed by atoms with Crippen molar-refractivity contribution in [1.29, 1.82) is 0 Å². The van der Waals surface area contributed by atoms with E-state index in [1.54, 1.807) is 0 Å². The Hall–Kier alpha value is -0.730. The summed E-state index contributed by atoms with van der Waals surface area (Å²) in [7, 11) is 0. The maximum Gasteiger partial charge on any atom is 0.0407 e. The van der Waals surface area contributed by atoms with E-state index in [2.05, 4.69) is 17.1 Å². The van der Waals surface area contributed by atoms with Gasteiger partial charge < -0.3 is 10.2 Å². The van der Waals surface area contributed by atoms with E-state index < -0.39 is 0 Å². The summed E-state index contributed by atoms with van der Waals surface area (Å²) in [6.45, 7) is 7.00. The Kier molecular flexibility index (Phi) is 6.68. The lowest BCUT2D eigenvalue weighted by Gasteiger charge is -2.20. The van der Waals surface area contributed by atoms with Crippen LogP contribution in [0.1, 0.15) is 39.0 Å². The third-order valence-electron chi connectivity index (χ3n) is 4.24. The Labute approximate surface area is 128 Å². The van der Waals surface area contributed by atoms with Gasteiger partial charge in [-0.05, 0) is 62.5 Å². The molecule has 0 radical (unpaired) electrons. The molecule has 0 amide bonds. The first kappa shape index (κ1) is 15.7. The van der Waals surface area contributed by atoms with Crippen LogP contribution in [0.3, 0.4) is 0 Å². The smallest absolute Gasteiger partial charge is 0.0407 e. The van der Waals surface area contributed by atoms with Gasteiger partial charge in [0.25, 0.3) is 0 Å². The van der Waals surface area contributed by atoms with Crippen LogP contribution in [-0.4, -0.2) is 31.1 Å². The van der Waals surface area contributed by atoms with Gasteiger partial charge in [0.15, 0.2) is 0 Å². The number of halogens is 1. The fourth-order valence-electron chi connectivity index (χ4n) is 3.07. The largest absolute Gasteiger partial charge is 0.384 e. The van der Waals surface area contributed by atoms with Crippen LogP contribution in [0.5, 0.6) is 0 Å². The third kappa shape index (κ3) is 5.34. The molecule has 1 aromatic carbocycles. The molecule has 1 aromatic rings. The summed E-state index contributed by atoms with van der Waals surface area (Å²) in [6.07, 6.45) is 6.93. The van der Waals surface area contributed by atoms with Crippen molar-refractivity contribution in [3.8, 4) is 0 Å². The molecule has 1 unspecified atom stereocenters. The molecule has 0 bridgehead atoms. The predicted molar refractivity (Wildman–Crippen MR) is 88.6 cm³/mol. The predicted octanol–water partition coefficient (Wildman–Crippen LogP) is 4.65. The minimum absolute atomic E-state index is 0.796. The fourth-order valence-corrected chi connectivity index (χ4v) is 3.20. The van der Waals surface area contributed by atoms with E-state index in [1.165, 1.54) is 45.2 Å². The molecule has 2 rings (SSSR count). The number of nitrogens with zero attached hydrogens (tertiary/aromatic N) is 1. The highest BCUT2D eigenvalue weighted by Crippen LogP contribution is 2.21. The molecular weight excluding hydrogens is 268 g/mol. The van der Waals surface area contributed by atoms with Crippen molar-refractivity contribution in [1.82, 2.24) is 4.90 Å². The zero-order valence-corrected chi connectivity index (χ0v) is 13.3. The molecule has 1 heterocycles. The number of anilines is 1. The molecule has 3 heteroatoms. The van der Waals surface area contributed by atoms with Crippen molar-refractivity contribution in [2.45, 2.75) is 39.0 Å². The second-order valence-electron chi connectivity index (χ2n) is 5.86. The van der Waals surface area contributed by atoms with Gasteiger partial charge in [-0.15, -0.1) is 0 Å². The Balaban J connectivity index is 1.67. The number of rotatable bonds is 6. The maximum absolute atomic E-state index is 5.89. The molecule has 0 aromatic heterocycles. The van der Waals surface area contributed by atoms with Crippen LogP contribution in [0.4, 0.5) is 5.69 Å². The minimum Gasteiger partial charge on any atom is -0.384 e. The van der Waals surface area contributed by atoms with Crippen molar-refractivity contribution in [2.75, 3.05) is 31.5 Å². The van der Waals surface area contributed by atoms with Gasteiger partial charge in [-0.2, -0.15) is 0 Å². The van der Waals surface area contributed by atoms with Crippen LogP contribution in [0.25, 0.3) is 0 Å². The van der Waals surface area contributed by atoms with E-state index in [4.69, 9.17) is 11.6 Å². The van der Waals surface area contributed by atoms with Gasteiger partial charge in [0.2, 0.25) is 0 Å². The number of nitrogens with one attached hydrogen (secondary N) is 1. The van der Waals surface area contributed by atoms with Crippen molar-refractivity contribution in [3.63, 3.8) is 0 Å². The van der Waals surface area contributed by atoms with Crippen LogP contribution in [-0.2, 0) is 0 Å². The molecule has 1 N–H and O–H groups in total. The van der Waals surface area contributed by atoms with Crippen LogP contribution >= 0.6 is 11.6 Å². The average molecular weight is 295 g/mol. The van der Waals surface area contributed by atoms with Crippen molar-refractivity contribution in [2.24, 2.45) is 5.92 Å². The fraction of sp³-hybridized carbons (Fsp3) is 0.647. The van der Waals surface area contributed by atoms with E-state index in [-0.39, 0.29) is 0 Å². The summed E-state index contributed by atoms with van der Waals surface area (Å²) in [5, 5.41) is 4.27. The minimum atomic E-state index is 0.796. The number of benzene rings is 1. The highest BCUT2D eigenvalue weighted by Gasteiger charge is 2.15. The summed E-state index contributed by atoms with van der Waals surface area (Å²) in [6, 6.07) is 7.96. The molecule has 0 saturated carbocycles. The van der Waals surface area contributed by atoms with Crippen molar-refractivity contribution >= 4 is 17.3 Å². The quantitative estimate of drug-likeness (QED) is 0.821. The zero-order valence-electron chi connectivity index (χ0n) is 12.6. The van der Waals surface area contributed by atoms with E-state index >= 15 is 0 Å². The van der Waals surface area contributed by atoms with Gasteiger partial charge in [0.1, 0.15) is 0 Å². The molecule has 1 saturated heterocycles. The summed E-state index contributed by atoms with van der Waals surface area (Å²) < 4.78 is 0. The van der Waals surface area contributed by atoms with E-state index in [0.717, 1.165) is 29.7 Å². The number of likely N-dealkylation sites (tertiary alicyclic amines) is 1. The SMILES string of the molecule is CCCC1CCCN(CCNc2ccc(Cl)cc2)CC1. The van der Waals surface area contributed by atoms with Crippen LogP contribution in [0, 0.1) is 5.92 Å². The van der Waals surface area contributed by atoms with Crippen molar-refractivity contribution < 1.29 is 0 Å². The van der Waals surface area contributed by atoms with Crippen molar-refractivity contribution in [3.05, 3.63) is 29.3 Å². The standard InChI is InChI=1S/C17H27ClN2/c1-2-4-15-5-3-12-20(13-10-15)14-11-19-17-8-6-16(18)7-9-17/h6-9,15,19H,2-5,10-14H2,1H3. The van der Waals surface area contributed by atoms with Gasteiger partial charge in [-0.25, -0.2) is 0 Å². The van der Waals surface area contributed by atoms with E-state index in [9.17, 15) is 0 Å². The topological polar surface area (TPSA) is 15.3 Å². The molecule has 1 fully saturated rings. The average Bonchev–Trinajstić information content (AvgIpc) is 2.67. The Morgan fingerprint density at radius 3 is 2.75 bits per heavy atom. The first-order valence-corrected chi connectivity index (χ1v) is 8.37. The number of hydrogen-bond donors (Lipinski definition) is 1. The zero-order chi connectivity index (χ0) is 14.2. The molecule has 20 heavy (non-hydrogen) atoms. The van der Waals surface area contributed by atoms with Crippen LogP contribution < -0.4 is 5.32 Å². The Bertz CT molecular complexity index is 377. The van der Waals surface area contributed by atoms with Gasteiger partial charge in [-0.3, -0.25) is 0 Å². The molecule has 112 valence electrons. The first-order valence-electron chi connectivity index (χ1n) is 7.99. The highest BCUT2D eigenvalue weighted by molar-refractivity contribution is 6.30. The van der Waals surface area contributed by atoms with Gasteiger partial charge in [0.05, 0.1) is 0 Å². The molecular formula is C17H27ClN2. The van der Waals surface area contributed by atoms with Crippen LogP contribution in [0.2, 0.25) is 5.02 Å². The Morgan fingerprint density at radius 1 is 1.20 bits per heavy atom. The Morgan fingerprint density at radius 2 is 2.00 bits per heavy atom. The first-order chi connectivity index (χ1) is 9.78. The molecule has 2 nitrogen and oxygen atoms in total. The molecule has 1 atom stereocenters. The second-order valence-corrected chi connectivity index (χ2v) is 6.30. The number of hydrogen-bond acceptors (Lipinski definition) is 2. The maximum atomic E-state index is 5.89. The van der Waals surface area contributed by atoms with Gasteiger partial charge in [0, 0.05) is 23.8 Å². The monoisotopic (exact) mass is 294 g/mol. The molecule has 0 spiro atoms. The molecule has 1 aliphatic heterocycles. The van der Waals surface area contributed by atoms with E-state index in [0.29, 0.717) is 0 Å². The van der Waals surface area contributed by atoms with Gasteiger partial charge in [-0.1, -0.05) is 31.4 Å². The lowest BCUT2D eigenvalue weighted by Crippen LogP contribution is -2.30. The van der Waals surface area contributed by atoms with Crippen LogP contribution in [0.15, 0.2) is 24.3 Å². The molecule has 0 aliphatic carbocycles. The highest BCUT2D eigenvalue weighted by atomic mass is 35.5. The summed E-state index contributed by atoms with van der Waals surface area (Å²) in [4.78, 5) is 2.61. The molecule has 1 aliphatic rings. The third-order valence-corrected chi connectivity index (χ3v) is 4.49. The van der Waals surface area contributed by atoms with Gasteiger partial charge >= 0.3 is 0 Å².